The fourth-order valence-corrected chi connectivity index (χ4v) is 2.58. The summed E-state index contributed by atoms with van der Waals surface area (Å²) in [4.78, 5) is 11.7. The van der Waals surface area contributed by atoms with E-state index in [1.807, 2.05) is 0 Å². The van der Waals surface area contributed by atoms with Crippen LogP contribution in [0.3, 0.4) is 0 Å². The lowest BCUT2D eigenvalue weighted by molar-refractivity contribution is -0.126. The minimum absolute atomic E-state index is 0.425. The molecule has 2 rings (SSSR count). The molecule has 1 heteroatoms. The highest BCUT2D eigenvalue weighted by atomic mass is 16.1. The van der Waals surface area contributed by atoms with E-state index in [0.717, 1.165) is 12.3 Å². The average molecular weight is 166 g/mol. The normalized spacial score (nSPS) is 39.9. The van der Waals surface area contributed by atoms with Gasteiger partial charge < -0.3 is 0 Å². The van der Waals surface area contributed by atoms with Crippen molar-refractivity contribution < 1.29 is 4.79 Å². The minimum Gasteiger partial charge on any atom is -0.299 e. The molecule has 0 spiro atoms. The topological polar surface area (TPSA) is 17.1 Å². The molecule has 2 saturated carbocycles. The van der Waals surface area contributed by atoms with Crippen molar-refractivity contribution in [2.24, 2.45) is 23.7 Å². The molecule has 0 saturated heterocycles. The Bertz CT molecular complexity index is 195. The average Bonchev–Trinajstić information content (AvgIpc) is 2.73. The summed E-state index contributed by atoms with van der Waals surface area (Å²) in [6.45, 7) is 4.43. The summed E-state index contributed by atoms with van der Waals surface area (Å²) in [6, 6.07) is 0. The van der Waals surface area contributed by atoms with Crippen molar-refractivity contribution >= 4 is 5.78 Å². The van der Waals surface area contributed by atoms with Crippen molar-refractivity contribution in [1.29, 1.82) is 0 Å². The standard InChI is InChI=1S/C11H18O/c1-7(2)5-9-4-3-8-6-10(8)11(9)12/h7-10H,3-6H2,1-2H3/t8-,9+,10+/m1/s1. The summed E-state index contributed by atoms with van der Waals surface area (Å²) in [6.07, 6.45) is 4.85. The largest absolute Gasteiger partial charge is 0.299 e. The Morgan fingerprint density at radius 2 is 2.17 bits per heavy atom. The number of carbonyl (C=O) groups excluding carboxylic acids is 1. The molecule has 0 aliphatic heterocycles. The molecule has 2 fully saturated rings. The van der Waals surface area contributed by atoms with Gasteiger partial charge >= 0.3 is 0 Å². The van der Waals surface area contributed by atoms with Crippen LogP contribution in [0.4, 0.5) is 0 Å². The van der Waals surface area contributed by atoms with Crippen LogP contribution in [-0.2, 0) is 4.79 Å². The molecule has 3 atom stereocenters. The van der Waals surface area contributed by atoms with E-state index in [2.05, 4.69) is 13.8 Å². The zero-order valence-corrected chi connectivity index (χ0v) is 8.05. The van der Waals surface area contributed by atoms with Crippen LogP contribution in [0, 0.1) is 23.7 Å². The Kier molecular flexibility index (Phi) is 1.97. The highest BCUT2D eigenvalue weighted by Gasteiger charge is 2.48. The summed E-state index contributed by atoms with van der Waals surface area (Å²) >= 11 is 0. The third-order valence-electron chi connectivity index (χ3n) is 3.33. The van der Waals surface area contributed by atoms with Crippen molar-refractivity contribution in [2.45, 2.75) is 39.5 Å². The lowest BCUT2D eigenvalue weighted by Crippen LogP contribution is -2.23. The zero-order valence-electron chi connectivity index (χ0n) is 8.05. The number of carbonyl (C=O) groups is 1. The van der Waals surface area contributed by atoms with E-state index < -0.39 is 0 Å². The molecule has 0 bridgehead atoms. The maximum Gasteiger partial charge on any atom is 0.139 e. The van der Waals surface area contributed by atoms with Crippen molar-refractivity contribution in [3.8, 4) is 0 Å². The molecular weight excluding hydrogens is 148 g/mol. The number of Topliss-reactive ketones (excluding diaryl/α,β-unsaturated/α-hetero) is 1. The first-order valence-corrected chi connectivity index (χ1v) is 5.22. The van der Waals surface area contributed by atoms with Crippen molar-refractivity contribution in [3.63, 3.8) is 0 Å². The molecule has 1 nitrogen and oxygen atoms in total. The van der Waals surface area contributed by atoms with Crippen molar-refractivity contribution in [3.05, 3.63) is 0 Å². The van der Waals surface area contributed by atoms with Crippen LogP contribution in [0.15, 0.2) is 0 Å². The third kappa shape index (κ3) is 1.41. The van der Waals surface area contributed by atoms with Gasteiger partial charge in [0, 0.05) is 11.8 Å². The van der Waals surface area contributed by atoms with Crippen LogP contribution in [0.5, 0.6) is 0 Å². The molecule has 0 aromatic rings. The second-order valence-electron chi connectivity index (χ2n) is 4.91. The number of fused-ring (bicyclic) bond motifs is 1. The van der Waals surface area contributed by atoms with E-state index >= 15 is 0 Å². The van der Waals surface area contributed by atoms with Crippen LogP contribution in [-0.4, -0.2) is 5.78 Å². The summed E-state index contributed by atoms with van der Waals surface area (Å²) < 4.78 is 0. The van der Waals surface area contributed by atoms with Crippen LogP contribution >= 0.6 is 0 Å². The fraction of sp³-hybridized carbons (Fsp3) is 0.909. The van der Waals surface area contributed by atoms with Gasteiger partial charge in [-0.3, -0.25) is 4.79 Å². The van der Waals surface area contributed by atoms with Crippen molar-refractivity contribution in [1.82, 2.24) is 0 Å². The number of ketones is 1. The fourth-order valence-electron chi connectivity index (χ4n) is 2.58. The van der Waals surface area contributed by atoms with Gasteiger partial charge in [0.25, 0.3) is 0 Å². The van der Waals surface area contributed by atoms with E-state index in [1.165, 1.54) is 19.3 Å². The number of hydrogen-bond acceptors (Lipinski definition) is 1. The molecule has 2 aliphatic rings. The predicted molar refractivity (Wildman–Crippen MR) is 48.8 cm³/mol. The highest BCUT2D eigenvalue weighted by molar-refractivity contribution is 5.86. The molecular formula is C11H18O. The first-order chi connectivity index (χ1) is 5.68. The second-order valence-corrected chi connectivity index (χ2v) is 4.91. The first kappa shape index (κ1) is 8.28. The lowest BCUT2D eigenvalue weighted by Gasteiger charge is -2.21. The van der Waals surface area contributed by atoms with E-state index in [-0.39, 0.29) is 0 Å². The highest BCUT2D eigenvalue weighted by Crippen LogP contribution is 2.50. The summed E-state index contributed by atoms with van der Waals surface area (Å²) in [5, 5.41) is 0. The zero-order chi connectivity index (χ0) is 8.72. The van der Waals surface area contributed by atoms with Gasteiger partial charge in [0.05, 0.1) is 0 Å². The number of hydrogen-bond donors (Lipinski definition) is 0. The van der Waals surface area contributed by atoms with Gasteiger partial charge in [-0.25, -0.2) is 0 Å². The van der Waals surface area contributed by atoms with Gasteiger partial charge in [-0.1, -0.05) is 13.8 Å². The maximum atomic E-state index is 11.7. The molecule has 12 heavy (non-hydrogen) atoms. The van der Waals surface area contributed by atoms with Gasteiger partial charge in [0.1, 0.15) is 5.78 Å². The SMILES string of the molecule is CC(C)C[C@@H]1CC[C@@H]2C[C@@H]2C1=O. The Morgan fingerprint density at radius 1 is 1.42 bits per heavy atom. The molecule has 0 amide bonds. The summed E-state index contributed by atoms with van der Waals surface area (Å²) in [7, 11) is 0. The Balaban J connectivity index is 1.93. The van der Waals surface area contributed by atoms with Gasteiger partial charge in [0.2, 0.25) is 0 Å². The molecule has 0 radical (unpaired) electrons. The Labute approximate surface area is 74.5 Å². The Morgan fingerprint density at radius 3 is 2.83 bits per heavy atom. The molecule has 68 valence electrons. The van der Waals surface area contributed by atoms with Gasteiger partial charge in [-0.2, -0.15) is 0 Å². The summed E-state index contributed by atoms with van der Waals surface area (Å²) in [5.74, 6) is 3.02. The lowest BCUT2D eigenvalue weighted by atomic mass is 9.83. The molecule has 0 N–H and O–H groups in total. The molecule has 0 unspecified atom stereocenters. The smallest absolute Gasteiger partial charge is 0.139 e. The molecule has 0 aromatic carbocycles. The molecule has 0 heterocycles. The second kappa shape index (κ2) is 2.86. The van der Waals surface area contributed by atoms with Crippen LogP contribution in [0.25, 0.3) is 0 Å². The van der Waals surface area contributed by atoms with Crippen LogP contribution in [0.1, 0.15) is 39.5 Å². The van der Waals surface area contributed by atoms with E-state index in [4.69, 9.17) is 0 Å². The van der Waals surface area contributed by atoms with Crippen LogP contribution < -0.4 is 0 Å². The van der Waals surface area contributed by atoms with Crippen LogP contribution in [0.2, 0.25) is 0 Å². The predicted octanol–water partition coefficient (Wildman–Crippen LogP) is 2.65. The van der Waals surface area contributed by atoms with E-state index in [1.54, 1.807) is 0 Å². The molecule has 0 aromatic heterocycles. The summed E-state index contributed by atoms with van der Waals surface area (Å²) in [5.41, 5.74) is 0. The minimum atomic E-state index is 0.425. The van der Waals surface area contributed by atoms with E-state index in [9.17, 15) is 4.79 Å². The van der Waals surface area contributed by atoms with Gasteiger partial charge in [-0.05, 0) is 37.5 Å². The van der Waals surface area contributed by atoms with Gasteiger partial charge in [-0.15, -0.1) is 0 Å². The monoisotopic (exact) mass is 166 g/mol. The maximum absolute atomic E-state index is 11.7. The number of rotatable bonds is 2. The third-order valence-corrected chi connectivity index (χ3v) is 3.33. The first-order valence-electron chi connectivity index (χ1n) is 5.22. The quantitative estimate of drug-likeness (QED) is 0.616. The Hall–Kier alpha value is -0.330. The van der Waals surface area contributed by atoms with E-state index in [0.29, 0.717) is 23.5 Å². The van der Waals surface area contributed by atoms with Crippen molar-refractivity contribution in [2.75, 3.05) is 0 Å². The molecule has 2 aliphatic carbocycles. The van der Waals surface area contributed by atoms with Gasteiger partial charge in [0.15, 0.2) is 0 Å².